The Kier molecular flexibility index (Phi) is 7.06. The summed E-state index contributed by atoms with van der Waals surface area (Å²) in [6.07, 6.45) is 5.22. The van der Waals surface area contributed by atoms with E-state index in [1.54, 1.807) is 17.5 Å². The lowest BCUT2D eigenvalue weighted by molar-refractivity contribution is -0.136. The van der Waals surface area contributed by atoms with E-state index in [4.69, 9.17) is 37.6 Å². The number of nitrogens with zero attached hydrogens (tertiary/aromatic N) is 2. The predicted molar refractivity (Wildman–Crippen MR) is 144 cm³/mol. The smallest absolute Gasteiger partial charge is 0.309 e. The molecule has 3 aliphatic rings. The molecule has 0 amide bonds. The van der Waals surface area contributed by atoms with Gasteiger partial charge >= 0.3 is 5.97 Å². The molecule has 3 fully saturated rings. The Morgan fingerprint density at radius 3 is 2.68 bits per heavy atom. The first-order valence-corrected chi connectivity index (χ1v) is 14.8. The molecule has 0 radical (unpaired) electrons. The lowest BCUT2D eigenvalue weighted by Crippen LogP contribution is -2.37. The highest BCUT2D eigenvalue weighted by Crippen LogP contribution is 2.57. The molecule has 2 heterocycles. The third kappa shape index (κ3) is 4.68. The minimum Gasteiger partial charge on any atom is -0.481 e. The van der Waals surface area contributed by atoms with E-state index < -0.39 is 11.6 Å². The molecule has 3 aliphatic carbocycles. The molecule has 2 bridgehead atoms. The van der Waals surface area contributed by atoms with Gasteiger partial charge in [0.15, 0.2) is 0 Å². The fraction of sp³-hybridized carbons (Fsp3) is 0.536. The van der Waals surface area contributed by atoms with Crippen LogP contribution in [-0.4, -0.2) is 32.4 Å². The Morgan fingerprint density at radius 2 is 1.97 bits per heavy atom. The molecule has 2 aromatic heterocycles. The first-order valence-electron chi connectivity index (χ1n) is 13.2. The number of thiazole rings is 1. The second-order valence-electron chi connectivity index (χ2n) is 11.0. The van der Waals surface area contributed by atoms with Gasteiger partial charge in [-0.1, -0.05) is 41.3 Å². The molecule has 3 aromatic rings. The van der Waals surface area contributed by atoms with Crippen LogP contribution >= 0.6 is 34.5 Å². The second kappa shape index (κ2) is 10.2. The Balaban J connectivity index is 1.24. The van der Waals surface area contributed by atoms with E-state index in [0.717, 1.165) is 43.4 Å². The van der Waals surface area contributed by atoms with Crippen LogP contribution in [0.1, 0.15) is 73.4 Å². The van der Waals surface area contributed by atoms with E-state index >= 15 is 0 Å². The number of benzene rings is 1. The maximum absolute atomic E-state index is 12.1. The van der Waals surface area contributed by atoms with E-state index in [9.17, 15) is 9.90 Å². The first kappa shape index (κ1) is 26.3. The average molecular weight is 578 g/mol. The number of carboxylic acid groups (broad SMARTS) is 1. The summed E-state index contributed by atoms with van der Waals surface area (Å²) in [5, 5.41) is 29.1. The number of halogens is 2. The highest BCUT2D eigenvalue weighted by Gasteiger charge is 2.57. The van der Waals surface area contributed by atoms with Gasteiger partial charge < -0.3 is 19.5 Å². The standard InChI is InChI=1S/C28H30Cl2N2O5S/c1-14-9-16-7-8-18(11-20(14)28(16,35)27-31-17(13-38-27)10-23(33)34)36-12-19-25(32-37-26(19)15-5-6-15)24-21(29)3-2-4-22(24)30/h2-4,13-16,18,20,35H,5-12H2,1H3,(H,33,34)/t14-,16-,18+,20+,28-/m0/s1. The number of aromatic nitrogens is 2. The Morgan fingerprint density at radius 1 is 1.21 bits per heavy atom. The predicted octanol–water partition coefficient (Wildman–Crippen LogP) is 6.84. The number of rotatable bonds is 8. The molecule has 0 spiro atoms. The zero-order chi connectivity index (χ0) is 26.6. The molecule has 10 heteroatoms. The van der Waals surface area contributed by atoms with Crippen molar-refractivity contribution in [2.75, 3.05) is 0 Å². The summed E-state index contributed by atoms with van der Waals surface area (Å²) in [5.74, 6) is 0.623. The zero-order valence-corrected chi connectivity index (χ0v) is 23.4. The summed E-state index contributed by atoms with van der Waals surface area (Å²) in [5.41, 5.74) is 1.63. The molecule has 5 atom stereocenters. The van der Waals surface area contributed by atoms with Crippen molar-refractivity contribution in [3.05, 3.63) is 55.6 Å². The Labute approximate surface area is 235 Å². The fourth-order valence-electron chi connectivity index (χ4n) is 6.53. The fourth-order valence-corrected chi connectivity index (χ4v) is 8.17. The molecule has 0 unspecified atom stereocenters. The van der Waals surface area contributed by atoms with E-state index in [1.807, 2.05) is 6.07 Å². The molecule has 6 rings (SSSR count). The molecule has 7 nitrogen and oxygen atoms in total. The van der Waals surface area contributed by atoms with Crippen LogP contribution in [0, 0.1) is 17.8 Å². The second-order valence-corrected chi connectivity index (χ2v) is 12.7. The van der Waals surface area contributed by atoms with Crippen LogP contribution in [-0.2, 0) is 28.2 Å². The number of aliphatic carboxylic acids is 1. The third-order valence-corrected chi connectivity index (χ3v) is 10.2. The third-order valence-electron chi connectivity index (χ3n) is 8.54. The van der Waals surface area contributed by atoms with Gasteiger partial charge in [-0.2, -0.15) is 0 Å². The maximum Gasteiger partial charge on any atom is 0.309 e. The van der Waals surface area contributed by atoms with Gasteiger partial charge in [-0.15, -0.1) is 11.3 Å². The monoisotopic (exact) mass is 576 g/mol. The highest BCUT2D eigenvalue weighted by molar-refractivity contribution is 7.09. The summed E-state index contributed by atoms with van der Waals surface area (Å²) in [7, 11) is 0. The van der Waals surface area contributed by atoms with Gasteiger partial charge in [0.25, 0.3) is 0 Å². The Bertz CT molecular complexity index is 1330. The van der Waals surface area contributed by atoms with Crippen LogP contribution in [0.3, 0.4) is 0 Å². The number of carboxylic acids is 1. The largest absolute Gasteiger partial charge is 0.481 e. The molecular weight excluding hydrogens is 547 g/mol. The van der Waals surface area contributed by atoms with Gasteiger partial charge in [0.1, 0.15) is 22.1 Å². The number of hydrogen-bond donors (Lipinski definition) is 2. The SMILES string of the molecule is C[C@H]1C[C@@H]2CC[C@@H](OCc3c(-c4c(Cl)cccc4Cl)noc3C3CC3)C[C@H]1[C@]2(O)c1nc(CC(=O)O)cs1. The zero-order valence-electron chi connectivity index (χ0n) is 21.0. The van der Waals surface area contributed by atoms with Crippen molar-refractivity contribution in [3.63, 3.8) is 0 Å². The summed E-state index contributed by atoms with van der Waals surface area (Å²) in [6, 6.07) is 5.40. The minimum absolute atomic E-state index is 0.0216. The van der Waals surface area contributed by atoms with E-state index in [0.29, 0.717) is 56.9 Å². The van der Waals surface area contributed by atoms with Crippen LogP contribution in [0.25, 0.3) is 11.3 Å². The topological polar surface area (TPSA) is 106 Å². The summed E-state index contributed by atoms with van der Waals surface area (Å²) in [4.78, 5) is 15.8. The number of carbonyl (C=O) groups is 1. The van der Waals surface area contributed by atoms with Gasteiger partial charge in [0.05, 0.1) is 34.9 Å². The van der Waals surface area contributed by atoms with Crippen LogP contribution in [0.4, 0.5) is 0 Å². The minimum atomic E-state index is -1.06. The summed E-state index contributed by atoms with van der Waals surface area (Å²) < 4.78 is 12.4. The van der Waals surface area contributed by atoms with Crippen molar-refractivity contribution in [3.8, 4) is 11.3 Å². The van der Waals surface area contributed by atoms with Crippen molar-refractivity contribution in [1.82, 2.24) is 10.1 Å². The van der Waals surface area contributed by atoms with E-state index in [2.05, 4.69) is 17.1 Å². The highest BCUT2D eigenvalue weighted by atomic mass is 35.5. The molecule has 0 aliphatic heterocycles. The molecule has 2 N–H and O–H groups in total. The van der Waals surface area contributed by atoms with Gasteiger partial charge in [0.2, 0.25) is 0 Å². The molecule has 3 saturated carbocycles. The van der Waals surface area contributed by atoms with Gasteiger partial charge in [-0.3, -0.25) is 4.79 Å². The maximum atomic E-state index is 12.1. The van der Waals surface area contributed by atoms with Crippen molar-refractivity contribution in [2.45, 2.75) is 76.1 Å². The van der Waals surface area contributed by atoms with Crippen molar-refractivity contribution < 1.29 is 24.3 Å². The number of hydrogen-bond acceptors (Lipinski definition) is 7. The van der Waals surface area contributed by atoms with Gasteiger partial charge in [0, 0.05) is 22.4 Å². The lowest BCUT2D eigenvalue weighted by atomic mass is 9.81. The van der Waals surface area contributed by atoms with Crippen LogP contribution < -0.4 is 0 Å². The molecule has 0 saturated heterocycles. The van der Waals surface area contributed by atoms with E-state index in [-0.39, 0.29) is 24.4 Å². The molecular formula is C28H30Cl2N2O5S. The van der Waals surface area contributed by atoms with Crippen LogP contribution in [0.15, 0.2) is 28.1 Å². The molecule has 1 aromatic carbocycles. The summed E-state index contributed by atoms with van der Waals surface area (Å²) in [6.45, 7) is 2.52. The Hall–Kier alpha value is -1.97. The number of fused-ring (bicyclic) bond motifs is 2. The molecule has 38 heavy (non-hydrogen) atoms. The average Bonchev–Trinajstić information content (AvgIpc) is 3.41. The molecule has 202 valence electrons. The first-order chi connectivity index (χ1) is 18.3. The van der Waals surface area contributed by atoms with Crippen LogP contribution in [0.2, 0.25) is 10.0 Å². The van der Waals surface area contributed by atoms with Gasteiger partial charge in [-0.05, 0) is 68.4 Å². The van der Waals surface area contributed by atoms with Crippen molar-refractivity contribution >= 4 is 40.5 Å². The van der Waals surface area contributed by atoms with Crippen LogP contribution in [0.5, 0.6) is 0 Å². The summed E-state index contributed by atoms with van der Waals surface area (Å²) >= 11 is 14.4. The number of ether oxygens (including phenoxy) is 1. The van der Waals surface area contributed by atoms with Crippen molar-refractivity contribution in [1.29, 1.82) is 0 Å². The lowest BCUT2D eigenvalue weighted by Gasteiger charge is -2.33. The normalized spacial score (nSPS) is 28.9. The van der Waals surface area contributed by atoms with Crippen molar-refractivity contribution in [2.24, 2.45) is 17.8 Å². The van der Waals surface area contributed by atoms with E-state index in [1.165, 1.54) is 11.3 Å². The number of aliphatic hydroxyl groups is 1. The quantitative estimate of drug-likeness (QED) is 0.302. The van der Waals surface area contributed by atoms with Gasteiger partial charge in [-0.25, -0.2) is 4.98 Å².